The van der Waals surface area contributed by atoms with Crippen LogP contribution >= 0.6 is 0 Å². The van der Waals surface area contributed by atoms with Crippen molar-refractivity contribution in [1.82, 2.24) is 9.13 Å². The Morgan fingerprint density at radius 3 is 1.54 bits per heavy atom. The van der Waals surface area contributed by atoms with E-state index in [1.165, 1.54) is 88.0 Å². The Morgan fingerprint density at radius 1 is 0.292 bits per heavy atom. The molecule has 0 amide bonds. The molecule has 2 heterocycles. The molecule has 0 saturated heterocycles. The van der Waals surface area contributed by atoms with Crippen molar-refractivity contribution in [3.05, 3.63) is 182 Å². The molecule has 0 spiro atoms. The average molecular weight is 611 g/mol. The third kappa shape index (κ3) is 4.06. The van der Waals surface area contributed by atoms with Gasteiger partial charge in [0, 0.05) is 32.8 Å². The first-order valence-electron chi connectivity index (χ1n) is 16.5. The van der Waals surface area contributed by atoms with Gasteiger partial charge in [-0.2, -0.15) is 0 Å². The number of rotatable bonds is 4. The van der Waals surface area contributed by atoms with Crippen molar-refractivity contribution < 1.29 is 0 Å². The number of nitrogens with zero attached hydrogens (tertiary/aromatic N) is 2. The first-order chi connectivity index (χ1) is 23.8. The lowest BCUT2D eigenvalue weighted by Crippen LogP contribution is -1.97. The molecular weight excluding hydrogens is 581 g/mol. The highest BCUT2D eigenvalue weighted by Crippen LogP contribution is 2.40. The Hall–Kier alpha value is -6.38. The van der Waals surface area contributed by atoms with Gasteiger partial charge in [-0.15, -0.1) is 0 Å². The molecule has 0 aliphatic rings. The molecule has 10 rings (SSSR count). The van der Waals surface area contributed by atoms with E-state index < -0.39 is 0 Å². The zero-order chi connectivity index (χ0) is 31.6. The predicted molar refractivity (Wildman–Crippen MR) is 203 cm³/mol. The third-order valence-corrected chi connectivity index (χ3v) is 9.90. The van der Waals surface area contributed by atoms with Crippen LogP contribution in [-0.2, 0) is 0 Å². The summed E-state index contributed by atoms with van der Waals surface area (Å²) >= 11 is 0. The molecule has 0 saturated carbocycles. The van der Waals surface area contributed by atoms with Crippen molar-refractivity contribution in [2.24, 2.45) is 0 Å². The molecule has 0 N–H and O–H groups in total. The average Bonchev–Trinajstić information content (AvgIpc) is 3.67. The van der Waals surface area contributed by atoms with Crippen LogP contribution in [0, 0.1) is 0 Å². The number of fused-ring (bicyclic) bond motifs is 7. The largest absolute Gasteiger partial charge is 0.309 e. The van der Waals surface area contributed by atoms with E-state index in [-0.39, 0.29) is 0 Å². The summed E-state index contributed by atoms with van der Waals surface area (Å²) in [5.41, 5.74) is 12.0. The molecule has 0 aliphatic carbocycles. The maximum Gasteiger partial charge on any atom is 0.0547 e. The smallest absolute Gasteiger partial charge is 0.0547 e. The van der Waals surface area contributed by atoms with Crippen LogP contribution < -0.4 is 0 Å². The summed E-state index contributed by atoms with van der Waals surface area (Å²) in [6, 6.07) is 66.3. The van der Waals surface area contributed by atoms with Crippen molar-refractivity contribution in [3.63, 3.8) is 0 Å². The molecule has 0 aliphatic heterocycles. The number of aromatic nitrogens is 2. The Morgan fingerprint density at radius 2 is 0.812 bits per heavy atom. The van der Waals surface area contributed by atoms with E-state index in [0.29, 0.717) is 0 Å². The Kier molecular flexibility index (Phi) is 5.91. The molecule has 2 aromatic heterocycles. The van der Waals surface area contributed by atoms with E-state index in [2.05, 4.69) is 191 Å². The van der Waals surface area contributed by atoms with Crippen molar-refractivity contribution in [2.45, 2.75) is 0 Å². The van der Waals surface area contributed by atoms with Gasteiger partial charge in [-0.1, -0.05) is 133 Å². The number of hydrogen-bond acceptors (Lipinski definition) is 0. The molecular formula is C46H30N2. The molecule has 0 bridgehead atoms. The van der Waals surface area contributed by atoms with E-state index in [9.17, 15) is 0 Å². The minimum Gasteiger partial charge on any atom is -0.309 e. The quantitative estimate of drug-likeness (QED) is 0.188. The summed E-state index contributed by atoms with van der Waals surface area (Å²) in [5, 5.41) is 7.54. The van der Waals surface area contributed by atoms with E-state index >= 15 is 0 Å². The van der Waals surface area contributed by atoms with Gasteiger partial charge in [-0.05, 0) is 76.0 Å². The summed E-state index contributed by atoms with van der Waals surface area (Å²) in [4.78, 5) is 0. The fourth-order valence-corrected chi connectivity index (χ4v) is 7.68. The van der Waals surface area contributed by atoms with E-state index in [1.807, 2.05) is 0 Å². The molecule has 0 atom stereocenters. The van der Waals surface area contributed by atoms with Gasteiger partial charge in [0.1, 0.15) is 0 Å². The van der Waals surface area contributed by atoms with Gasteiger partial charge in [0.05, 0.1) is 27.8 Å². The second kappa shape index (κ2) is 10.6. The van der Waals surface area contributed by atoms with Crippen LogP contribution in [0.2, 0.25) is 0 Å². The molecule has 0 unspecified atom stereocenters. The minimum atomic E-state index is 1.17. The highest BCUT2D eigenvalue weighted by molar-refractivity contribution is 6.12. The van der Waals surface area contributed by atoms with Gasteiger partial charge in [0.2, 0.25) is 0 Å². The highest BCUT2D eigenvalue weighted by Gasteiger charge is 2.18. The summed E-state index contributed by atoms with van der Waals surface area (Å²) in [6.07, 6.45) is 0. The van der Waals surface area contributed by atoms with Gasteiger partial charge in [-0.25, -0.2) is 0 Å². The molecule has 48 heavy (non-hydrogen) atoms. The Labute approximate surface area is 278 Å². The Bertz CT molecular complexity index is 2830. The number of benzene rings is 8. The standard InChI is InChI=1S/C46H30N2/c1-2-14-36(15-3-1)47-43-20-10-7-17-38(43)40-26-24-33(29-45(40)47)34-25-27-41-39-18-8-11-21-44(39)48(46(41)30-34)42-19-9-6-16-37(42)35-23-22-31-12-4-5-13-32(31)28-35/h1-30H. The van der Waals surface area contributed by atoms with Crippen molar-refractivity contribution in [3.8, 4) is 33.6 Å². The molecule has 0 radical (unpaired) electrons. The number of hydrogen-bond donors (Lipinski definition) is 0. The van der Waals surface area contributed by atoms with Gasteiger partial charge >= 0.3 is 0 Å². The molecule has 10 aromatic rings. The monoisotopic (exact) mass is 610 g/mol. The van der Waals surface area contributed by atoms with Crippen LogP contribution in [0.1, 0.15) is 0 Å². The van der Waals surface area contributed by atoms with Crippen LogP contribution in [0.25, 0.3) is 88.0 Å². The van der Waals surface area contributed by atoms with Crippen LogP contribution in [0.15, 0.2) is 182 Å². The normalized spacial score (nSPS) is 11.8. The van der Waals surface area contributed by atoms with Crippen molar-refractivity contribution in [1.29, 1.82) is 0 Å². The highest BCUT2D eigenvalue weighted by atomic mass is 15.0. The maximum absolute atomic E-state index is 2.46. The fraction of sp³-hybridized carbons (Fsp3) is 0. The van der Waals surface area contributed by atoms with Crippen molar-refractivity contribution >= 4 is 54.4 Å². The second-order valence-corrected chi connectivity index (χ2v) is 12.6. The first-order valence-corrected chi connectivity index (χ1v) is 16.5. The van der Waals surface area contributed by atoms with Crippen molar-refractivity contribution in [2.75, 3.05) is 0 Å². The molecule has 2 heteroatoms. The lowest BCUT2D eigenvalue weighted by atomic mass is 9.99. The summed E-state index contributed by atoms with van der Waals surface area (Å²) in [5.74, 6) is 0. The topological polar surface area (TPSA) is 9.86 Å². The lowest BCUT2D eigenvalue weighted by Gasteiger charge is -2.15. The molecule has 224 valence electrons. The zero-order valence-electron chi connectivity index (χ0n) is 26.2. The van der Waals surface area contributed by atoms with Crippen LogP contribution in [-0.4, -0.2) is 9.13 Å². The van der Waals surface area contributed by atoms with Gasteiger partial charge in [0.15, 0.2) is 0 Å². The zero-order valence-corrected chi connectivity index (χ0v) is 26.2. The van der Waals surface area contributed by atoms with E-state index in [4.69, 9.17) is 0 Å². The van der Waals surface area contributed by atoms with Crippen LogP contribution in [0.3, 0.4) is 0 Å². The number of para-hydroxylation sites is 4. The van der Waals surface area contributed by atoms with E-state index in [0.717, 1.165) is 0 Å². The predicted octanol–water partition coefficient (Wildman–Crippen LogP) is 12.4. The van der Waals surface area contributed by atoms with Crippen LogP contribution in [0.5, 0.6) is 0 Å². The van der Waals surface area contributed by atoms with Crippen LogP contribution in [0.4, 0.5) is 0 Å². The molecule has 0 fully saturated rings. The Balaban J connectivity index is 1.21. The van der Waals surface area contributed by atoms with Gasteiger partial charge in [-0.3, -0.25) is 0 Å². The van der Waals surface area contributed by atoms with E-state index in [1.54, 1.807) is 0 Å². The lowest BCUT2D eigenvalue weighted by molar-refractivity contribution is 1.18. The fourth-order valence-electron chi connectivity index (χ4n) is 7.68. The summed E-state index contributed by atoms with van der Waals surface area (Å²) in [7, 11) is 0. The third-order valence-electron chi connectivity index (χ3n) is 9.90. The first kappa shape index (κ1) is 26.8. The van der Waals surface area contributed by atoms with Gasteiger partial charge in [0.25, 0.3) is 0 Å². The molecule has 8 aromatic carbocycles. The second-order valence-electron chi connectivity index (χ2n) is 12.6. The maximum atomic E-state index is 2.46. The summed E-state index contributed by atoms with van der Waals surface area (Å²) in [6.45, 7) is 0. The molecule has 2 nitrogen and oxygen atoms in total. The minimum absolute atomic E-state index is 1.17. The SMILES string of the molecule is c1ccc(-n2c3ccccc3c3ccc(-c4ccc5c6ccccc6n(-c6ccccc6-c6ccc7ccccc7c6)c5c4)cc32)cc1. The summed E-state index contributed by atoms with van der Waals surface area (Å²) < 4.78 is 4.85. The van der Waals surface area contributed by atoms with Gasteiger partial charge < -0.3 is 9.13 Å².